The van der Waals surface area contributed by atoms with Crippen molar-refractivity contribution in [2.45, 2.75) is 84.7 Å². The highest BCUT2D eigenvalue weighted by atomic mass is 16.6. The van der Waals surface area contributed by atoms with Gasteiger partial charge < -0.3 is 30.3 Å². The van der Waals surface area contributed by atoms with Crippen molar-refractivity contribution in [3.05, 3.63) is 88.5 Å². The number of amides is 2. The maximum Gasteiger partial charge on any atom is 0.412 e. The number of phenolic OH excluding ortho intramolecular Hbond substituents is 2. The second-order valence-electron chi connectivity index (χ2n) is 13.1. The highest BCUT2D eigenvalue weighted by Crippen LogP contribution is 2.40. The molecule has 0 atom stereocenters. The van der Waals surface area contributed by atoms with Crippen molar-refractivity contribution in [2.75, 3.05) is 13.1 Å². The lowest BCUT2D eigenvalue weighted by Crippen LogP contribution is -2.27. The molecule has 0 aliphatic carbocycles. The summed E-state index contributed by atoms with van der Waals surface area (Å²) in [6.45, 7) is 13.2. The summed E-state index contributed by atoms with van der Waals surface area (Å²) in [7, 11) is 0. The number of rotatable bonds is 12. The Morgan fingerprint density at radius 2 is 1.27 bits per heavy atom. The summed E-state index contributed by atoms with van der Waals surface area (Å²) in [5.74, 6) is -0.174. The standard InChI is InChI=1S/C36H46N2O7/c1-35(2,3)28-20-24(21-29(32(28)41)36(4,5)6)23-44-33(42)37-18-12-7-8-13-19-38-34(43)45-26-16-17-27(30(39)22-26)31(40)25-14-10-9-11-15-25/h9-11,14-17,20-22,39,41H,7-8,12-13,18-19,23H2,1-6H3,(H,37,42)(H,38,43). The number of carbonyl (C=O) groups is 3. The summed E-state index contributed by atoms with van der Waals surface area (Å²) < 4.78 is 10.7. The second-order valence-corrected chi connectivity index (χ2v) is 13.1. The van der Waals surface area contributed by atoms with Crippen LogP contribution in [0.5, 0.6) is 17.2 Å². The number of ketones is 1. The number of nitrogens with one attached hydrogen (secondary N) is 2. The van der Waals surface area contributed by atoms with Crippen LogP contribution in [0.1, 0.15) is 99.8 Å². The number of unbranched alkanes of at least 4 members (excludes halogenated alkanes) is 3. The number of hydrogen-bond acceptors (Lipinski definition) is 7. The highest BCUT2D eigenvalue weighted by Gasteiger charge is 2.26. The Balaban J connectivity index is 1.32. The molecule has 0 radical (unpaired) electrons. The van der Waals surface area contributed by atoms with Gasteiger partial charge in [0.1, 0.15) is 23.9 Å². The van der Waals surface area contributed by atoms with Gasteiger partial charge in [-0.3, -0.25) is 4.79 Å². The number of phenols is 2. The van der Waals surface area contributed by atoms with E-state index < -0.39 is 12.2 Å². The number of carbonyl (C=O) groups excluding carboxylic acids is 3. The summed E-state index contributed by atoms with van der Waals surface area (Å²) in [6, 6.07) is 16.5. The predicted octanol–water partition coefficient (Wildman–Crippen LogP) is 7.50. The van der Waals surface area contributed by atoms with Crippen LogP contribution in [0.15, 0.2) is 60.7 Å². The van der Waals surface area contributed by atoms with Crippen LogP contribution in [0.3, 0.4) is 0 Å². The van der Waals surface area contributed by atoms with E-state index in [-0.39, 0.29) is 40.3 Å². The molecule has 0 aliphatic heterocycles. The van der Waals surface area contributed by atoms with Crippen LogP contribution >= 0.6 is 0 Å². The third-order valence-electron chi connectivity index (χ3n) is 7.26. The zero-order valence-corrected chi connectivity index (χ0v) is 27.2. The fourth-order valence-electron chi connectivity index (χ4n) is 4.76. The molecule has 3 aromatic carbocycles. The maximum absolute atomic E-state index is 12.6. The molecule has 0 saturated carbocycles. The van der Waals surface area contributed by atoms with Gasteiger partial charge in [-0.15, -0.1) is 0 Å². The zero-order valence-electron chi connectivity index (χ0n) is 27.2. The molecule has 4 N–H and O–H groups in total. The molecule has 0 unspecified atom stereocenters. The number of alkyl carbamates (subject to hydrolysis) is 1. The van der Waals surface area contributed by atoms with Crippen LogP contribution in [0.4, 0.5) is 9.59 Å². The van der Waals surface area contributed by atoms with Crippen molar-refractivity contribution >= 4 is 18.0 Å². The smallest absolute Gasteiger partial charge is 0.412 e. The first-order valence-corrected chi connectivity index (χ1v) is 15.3. The summed E-state index contributed by atoms with van der Waals surface area (Å²) >= 11 is 0. The average Bonchev–Trinajstić information content (AvgIpc) is 2.97. The molecule has 0 fully saturated rings. The van der Waals surface area contributed by atoms with E-state index in [0.717, 1.165) is 42.4 Å². The van der Waals surface area contributed by atoms with Crippen LogP contribution in [0.25, 0.3) is 0 Å². The summed E-state index contributed by atoms with van der Waals surface area (Å²) in [5.41, 5.74) is 2.52. The van der Waals surface area contributed by atoms with Gasteiger partial charge in [0.15, 0.2) is 5.78 Å². The van der Waals surface area contributed by atoms with Gasteiger partial charge in [-0.2, -0.15) is 0 Å². The SMILES string of the molecule is CC(C)(C)c1cc(COC(=O)NCCCCCCNC(=O)Oc2ccc(C(=O)c3ccccc3)c(O)c2)cc(C(C)(C)C)c1O. The van der Waals surface area contributed by atoms with E-state index in [0.29, 0.717) is 24.4 Å². The first-order chi connectivity index (χ1) is 21.2. The Labute approximate surface area is 266 Å². The van der Waals surface area contributed by atoms with Gasteiger partial charge in [-0.1, -0.05) is 84.7 Å². The molecule has 0 saturated heterocycles. The fourth-order valence-corrected chi connectivity index (χ4v) is 4.76. The van der Waals surface area contributed by atoms with E-state index in [2.05, 4.69) is 10.6 Å². The van der Waals surface area contributed by atoms with E-state index in [1.54, 1.807) is 30.3 Å². The lowest BCUT2D eigenvalue weighted by atomic mass is 9.78. The largest absolute Gasteiger partial charge is 0.507 e. The number of aromatic hydroxyl groups is 2. The second kappa shape index (κ2) is 15.5. The van der Waals surface area contributed by atoms with Gasteiger partial charge in [0.05, 0.1) is 5.56 Å². The van der Waals surface area contributed by atoms with E-state index in [1.807, 2.05) is 53.7 Å². The topological polar surface area (TPSA) is 134 Å². The highest BCUT2D eigenvalue weighted by molar-refractivity contribution is 6.10. The average molecular weight is 619 g/mol. The van der Waals surface area contributed by atoms with Gasteiger partial charge >= 0.3 is 12.2 Å². The molecule has 9 heteroatoms. The molecule has 9 nitrogen and oxygen atoms in total. The van der Waals surface area contributed by atoms with Crippen molar-refractivity contribution in [2.24, 2.45) is 0 Å². The molecular formula is C36H46N2O7. The van der Waals surface area contributed by atoms with Crippen molar-refractivity contribution in [3.8, 4) is 17.2 Å². The minimum atomic E-state index is -0.654. The van der Waals surface area contributed by atoms with Crippen LogP contribution in [0.2, 0.25) is 0 Å². The van der Waals surface area contributed by atoms with Gasteiger partial charge in [0.25, 0.3) is 0 Å². The number of hydrogen-bond donors (Lipinski definition) is 4. The molecule has 0 aliphatic rings. The van der Waals surface area contributed by atoms with Crippen molar-refractivity contribution in [3.63, 3.8) is 0 Å². The number of ether oxygens (including phenoxy) is 2. The van der Waals surface area contributed by atoms with Gasteiger partial charge in [0.2, 0.25) is 0 Å². The van der Waals surface area contributed by atoms with Gasteiger partial charge in [-0.05, 0) is 64.6 Å². The molecular weight excluding hydrogens is 572 g/mol. The lowest BCUT2D eigenvalue weighted by Gasteiger charge is -2.28. The molecule has 45 heavy (non-hydrogen) atoms. The van der Waals surface area contributed by atoms with Gasteiger partial charge in [0, 0.05) is 24.7 Å². The minimum Gasteiger partial charge on any atom is -0.507 e. The Bertz CT molecular complexity index is 1440. The lowest BCUT2D eigenvalue weighted by molar-refractivity contribution is 0.103. The van der Waals surface area contributed by atoms with Crippen LogP contribution in [0, 0.1) is 0 Å². The van der Waals surface area contributed by atoms with Gasteiger partial charge in [-0.25, -0.2) is 9.59 Å². The molecule has 0 spiro atoms. The summed E-state index contributed by atoms with van der Waals surface area (Å²) in [4.78, 5) is 37.0. The summed E-state index contributed by atoms with van der Waals surface area (Å²) in [5, 5.41) is 26.6. The van der Waals surface area contributed by atoms with Crippen molar-refractivity contribution < 1.29 is 34.1 Å². The molecule has 3 aromatic rings. The van der Waals surface area contributed by atoms with Crippen molar-refractivity contribution in [1.29, 1.82) is 0 Å². The Kier molecular flexibility index (Phi) is 12.0. The van der Waals surface area contributed by atoms with E-state index in [9.17, 15) is 24.6 Å². The molecule has 242 valence electrons. The Morgan fingerprint density at radius 3 is 1.80 bits per heavy atom. The molecule has 3 rings (SSSR count). The molecule has 2 amide bonds. The van der Waals surface area contributed by atoms with Crippen LogP contribution in [-0.2, 0) is 22.2 Å². The van der Waals surface area contributed by atoms with Crippen molar-refractivity contribution in [1.82, 2.24) is 10.6 Å². The Hall–Kier alpha value is -4.53. The zero-order chi connectivity index (χ0) is 33.2. The summed E-state index contributed by atoms with van der Waals surface area (Å²) in [6.07, 6.45) is 2.03. The molecule has 0 bridgehead atoms. The number of benzene rings is 3. The first kappa shape index (κ1) is 35.0. The van der Waals surface area contributed by atoms with E-state index in [4.69, 9.17) is 9.47 Å². The van der Waals surface area contributed by atoms with Crippen LogP contribution < -0.4 is 15.4 Å². The third-order valence-corrected chi connectivity index (χ3v) is 7.26. The molecule has 0 heterocycles. The monoisotopic (exact) mass is 618 g/mol. The van der Waals surface area contributed by atoms with Crippen LogP contribution in [-0.4, -0.2) is 41.3 Å². The molecule has 0 aromatic heterocycles. The Morgan fingerprint density at radius 1 is 0.711 bits per heavy atom. The third kappa shape index (κ3) is 10.6. The van der Waals surface area contributed by atoms with E-state index in [1.165, 1.54) is 18.2 Å². The first-order valence-electron chi connectivity index (χ1n) is 15.3. The fraction of sp³-hybridized carbons (Fsp3) is 0.417. The minimum absolute atomic E-state index is 0.107. The quantitative estimate of drug-likeness (QED) is 0.122. The maximum atomic E-state index is 12.6. The van der Waals surface area contributed by atoms with E-state index >= 15 is 0 Å². The normalized spacial score (nSPS) is 11.5. The predicted molar refractivity (Wildman–Crippen MR) is 174 cm³/mol.